The largest absolute Gasteiger partial charge is 0.497 e. The number of benzene rings is 2. The lowest BCUT2D eigenvalue weighted by molar-refractivity contribution is -0.140. The van der Waals surface area contributed by atoms with Crippen molar-refractivity contribution < 1.29 is 33.3 Å². The number of carbonyl (C=O) groups is 3. The zero-order valence-electron chi connectivity index (χ0n) is 19.7. The Morgan fingerprint density at radius 1 is 1.03 bits per heavy atom. The Kier molecular flexibility index (Phi) is 6.74. The summed E-state index contributed by atoms with van der Waals surface area (Å²) >= 11 is 0. The van der Waals surface area contributed by atoms with Crippen LogP contribution in [0.5, 0.6) is 23.0 Å². The summed E-state index contributed by atoms with van der Waals surface area (Å²) in [5.74, 6) is -1.16. The van der Waals surface area contributed by atoms with Crippen LogP contribution in [0.15, 0.2) is 36.4 Å². The zero-order valence-corrected chi connectivity index (χ0v) is 19.7. The molecule has 0 aromatic heterocycles. The van der Waals surface area contributed by atoms with Crippen molar-refractivity contribution in [1.82, 2.24) is 9.80 Å². The predicted molar refractivity (Wildman–Crippen MR) is 123 cm³/mol. The van der Waals surface area contributed by atoms with Crippen molar-refractivity contribution in [3.8, 4) is 23.0 Å². The number of Topliss-reactive ketones (excluding diaryl/α,β-unsaturated/α-hetero) is 2. The fourth-order valence-corrected chi connectivity index (χ4v) is 4.33. The normalized spacial score (nSPS) is 19.5. The molecule has 1 amide bonds. The van der Waals surface area contributed by atoms with Crippen LogP contribution in [0, 0.1) is 5.92 Å². The van der Waals surface area contributed by atoms with E-state index in [0.29, 0.717) is 48.3 Å². The van der Waals surface area contributed by atoms with Gasteiger partial charge >= 0.3 is 0 Å². The van der Waals surface area contributed by atoms with Crippen molar-refractivity contribution in [2.24, 2.45) is 5.92 Å². The van der Waals surface area contributed by atoms with Gasteiger partial charge in [-0.05, 0) is 50.5 Å². The standard InChI is InChI=1S/C25H28N2O7/c1-26(2)9-10-27-22(17-14-16(31-3)6-8-18(17)32-4)21(24(29)25(27)30)23(28)15-5-7-19-20(13-15)34-12-11-33-19/h5-8,13-14,21-22H,9-12H2,1-4H3. The van der Waals surface area contributed by atoms with Gasteiger partial charge < -0.3 is 28.7 Å². The molecule has 2 aromatic rings. The van der Waals surface area contributed by atoms with E-state index in [0.717, 1.165) is 0 Å². The van der Waals surface area contributed by atoms with Crippen LogP contribution in [0.2, 0.25) is 0 Å². The van der Waals surface area contributed by atoms with E-state index < -0.39 is 29.4 Å². The molecule has 2 unspecified atom stereocenters. The SMILES string of the molecule is COc1ccc(OC)c(C2C(C(=O)c3ccc4c(c3)OCCO4)C(=O)C(=O)N2CCN(C)C)c1. The first kappa shape index (κ1) is 23.6. The third-order valence-electron chi connectivity index (χ3n) is 6.06. The molecule has 9 heteroatoms. The molecule has 0 spiro atoms. The smallest absolute Gasteiger partial charge is 0.291 e. The fraction of sp³-hybridized carbons (Fsp3) is 0.400. The van der Waals surface area contributed by atoms with Gasteiger partial charge in [0.1, 0.15) is 30.6 Å². The Balaban J connectivity index is 1.80. The number of methoxy groups -OCH3 is 2. The maximum absolute atomic E-state index is 13.7. The van der Waals surface area contributed by atoms with E-state index in [2.05, 4.69) is 0 Å². The number of nitrogens with zero attached hydrogens (tertiary/aromatic N) is 2. The van der Waals surface area contributed by atoms with Crippen LogP contribution in [-0.2, 0) is 9.59 Å². The average molecular weight is 469 g/mol. The third kappa shape index (κ3) is 4.31. The highest BCUT2D eigenvalue weighted by Gasteiger charge is 2.52. The first-order valence-corrected chi connectivity index (χ1v) is 11.0. The summed E-state index contributed by atoms with van der Waals surface area (Å²) in [4.78, 5) is 43.5. The van der Waals surface area contributed by atoms with Crippen LogP contribution in [-0.4, -0.2) is 81.9 Å². The third-order valence-corrected chi connectivity index (χ3v) is 6.06. The quantitative estimate of drug-likeness (QED) is 0.330. The fourth-order valence-electron chi connectivity index (χ4n) is 4.33. The number of ketones is 2. The molecule has 4 rings (SSSR count). The number of hydrogen-bond acceptors (Lipinski definition) is 8. The second kappa shape index (κ2) is 9.72. The first-order valence-electron chi connectivity index (χ1n) is 11.0. The van der Waals surface area contributed by atoms with Crippen LogP contribution < -0.4 is 18.9 Å². The molecule has 0 saturated carbocycles. The minimum atomic E-state index is -1.24. The molecule has 2 atom stereocenters. The van der Waals surface area contributed by atoms with Crippen molar-refractivity contribution in [3.05, 3.63) is 47.5 Å². The second-order valence-corrected chi connectivity index (χ2v) is 8.42. The molecule has 2 aromatic carbocycles. The van der Waals surface area contributed by atoms with Gasteiger partial charge in [-0.15, -0.1) is 0 Å². The average Bonchev–Trinajstić information content (AvgIpc) is 3.10. The molecular formula is C25H28N2O7. The minimum absolute atomic E-state index is 0.271. The maximum Gasteiger partial charge on any atom is 0.291 e. The van der Waals surface area contributed by atoms with Gasteiger partial charge in [0.15, 0.2) is 17.3 Å². The number of likely N-dealkylation sites (tertiary alicyclic amines) is 1. The highest BCUT2D eigenvalue weighted by atomic mass is 16.6. The highest BCUT2D eigenvalue weighted by molar-refractivity contribution is 6.44. The van der Waals surface area contributed by atoms with Crippen molar-refractivity contribution in [2.45, 2.75) is 6.04 Å². The van der Waals surface area contributed by atoms with E-state index in [1.54, 1.807) is 36.4 Å². The van der Waals surface area contributed by atoms with Gasteiger partial charge in [-0.1, -0.05) is 0 Å². The Labute approximate surface area is 198 Å². The number of fused-ring (bicyclic) bond motifs is 1. The summed E-state index contributed by atoms with van der Waals surface area (Å²) in [6, 6.07) is 9.11. The molecule has 2 aliphatic rings. The second-order valence-electron chi connectivity index (χ2n) is 8.42. The summed E-state index contributed by atoms with van der Waals surface area (Å²) in [6.45, 7) is 1.59. The van der Waals surface area contributed by atoms with E-state index in [1.807, 2.05) is 19.0 Å². The van der Waals surface area contributed by atoms with Crippen LogP contribution >= 0.6 is 0 Å². The highest BCUT2D eigenvalue weighted by Crippen LogP contribution is 2.43. The molecule has 1 saturated heterocycles. The Bertz CT molecular complexity index is 1110. The number of hydrogen-bond donors (Lipinski definition) is 0. The van der Waals surface area contributed by atoms with Crippen molar-refractivity contribution in [3.63, 3.8) is 0 Å². The zero-order chi connectivity index (χ0) is 24.4. The van der Waals surface area contributed by atoms with Crippen LogP contribution in [0.1, 0.15) is 22.0 Å². The predicted octanol–water partition coefficient (Wildman–Crippen LogP) is 1.99. The van der Waals surface area contributed by atoms with Gasteiger partial charge in [0.2, 0.25) is 5.78 Å². The van der Waals surface area contributed by atoms with E-state index in [1.165, 1.54) is 19.1 Å². The topological polar surface area (TPSA) is 94.6 Å². The molecule has 0 aliphatic carbocycles. The first-order chi connectivity index (χ1) is 16.3. The number of amides is 1. The Hall–Kier alpha value is -3.59. The lowest BCUT2D eigenvalue weighted by Gasteiger charge is -2.29. The molecule has 9 nitrogen and oxygen atoms in total. The Morgan fingerprint density at radius 3 is 2.44 bits per heavy atom. The van der Waals surface area contributed by atoms with Gasteiger partial charge in [0.05, 0.1) is 20.3 Å². The number of carbonyl (C=O) groups excluding carboxylic acids is 3. The summed E-state index contributed by atoms with van der Waals surface area (Å²) in [6.07, 6.45) is 0. The molecule has 2 heterocycles. The Morgan fingerprint density at radius 2 is 1.76 bits per heavy atom. The van der Waals surface area contributed by atoms with Crippen LogP contribution in [0.4, 0.5) is 0 Å². The van der Waals surface area contributed by atoms with Crippen molar-refractivity contribution in [2.75, 3.05) is 54.6 Å². The summed E-state index contributed by atoms with van der Waals surface area (Å²) < 4.78 is 22.1. The molecule has 2 aliphatic heterocycles. The molecule has 34 heavy (non-hydrogen) atoms. The van der Waals surface area contributed by atoms with Gasteiger partial charge in [0.25, 0.3) is 5.91 Å². The van der Waals surface area contributed by atoms with Crippen molar-refractivity contribution in [1.29, 1.82) is 0 Å². The number of ether oxygens (including phenoxy) is 4. The van der Waals surface area contributed by atoms with Crippen molar-refractivity contribution >= 4 is 17.5 Å². The lowest BCUT2D eigenvalue weighted by atomic mass is 9.85. The van der Waals surface area contributed by atoms with E-state index in [4.69, 9.17) is 18.9 Å². The maximum atomic E-state index is 13.7. The van der Waals surface area contributed by atoms with Gasteiger partial charge in [-0.25, -0.2) is 0 Å². The van der Waals surface area contributed by atoms with E-state index in [9.17, 15) is 14.4 Å². The molecular weight excluding hydrogens is 440 g/mol. The van der Waals surface area contributed by atoms with Gasteiger partial charge in [-0.3, -0.25) is 14.4 Å². The summed E-state index contributed by atoms with van der Waals surface area (Å²) in [5, 5.41) is 0. The molecule has 0 bridgehead atoms. The molecule has 1 fully saturated rings. The summed E-state index contributed by atoms with van der Waals surface area (Å²) in [5.41, 5.74) is 0.812. The van der Waals surface area contributed by atoms with Crippen LogP contribution in [0.3, 0.4) is 0 Å². The van der Waals surface area contributed by atoms with Gasteiger partial charge in [-0.2, -0.15) is 0 Å². The summed E-state index contributed by atoms with van der Waals surface area (Å²) in [7, 11) is 6.78. The molecule has 180 valence electrons. The number of likely N-dealkylation sites (N-methyl/N-ethyl adjacent to an activating group) is 1. The molecule has 0 N–H and O–H groups in total. The lowest BCUT2D eigenvalue weighted by Crippen LogP contribution is -2.36. The monoisotopic (exact) mass is 468 g/mol. The van der Waals surface area contributed by atoms with Gasteiger partial charge in [0, 0.05) is 24.2 Å². The number of rotatable bonds is 8. The minimum Gasteiger partial charge on any atom is -0.497 e. The molecule has 0 radical (unpaired) electrons. The van der Waals surface area contributed by atoms with E-state index >= 15 is 0 Å². The van der Waals surface area contributed by atoms with E-state index in [-0.39, 0.29) is 12.1 Å². The van der Waals surface area contributed by atoms with Crippen LogP contribution in [0.25, 0.3) is 0 Å².